The molecule has 4 nitrogen and oxygen atoms in total. The molecule has 0 fully saturated rings. The van der Waals surface area contributed by atoms with E-state index in [4.69, 9.17) is 16.7 Å². The quantitative estimate of drug-likeness (QED) is 0.867. The third-order valence-electron chi connectivity index (χ3n) is 2.13. The van der Waals surface area contributed by atoms with Crippen LogP contribution in [0.25, 0.3) is 10.6 Å². The van der Waals surface area contributed by atoms with Gasteiger partial charge in [0, 0.05) is 0 Å². The summed E-state index contributed by atoms with van der Waals surface area (Å²) in [6, 6.07) is 5.11. The molecule has 0 saturated heterocycles. The van der Waals surface area contributed by atoms with Gasteiger partial charge in [-0.1, -0.05) is 17.7 Å². The van der Waals surface area contributed by atoms with Gasteiger partial charge in [-0.15, -0.1) is 17.9 Å². The number of rotatable bonds is 4. The highest BCUT2D eigenvalue weighted by Crippen LogP contribution is 2.30. The smallest absolute Gasteiger partial charge is 0.354 e. The van der Waals surface area contributed by atoms with Gasteiger partial charge in [0.15, 0.2) is 0 Å². The van der Waals surface area contributed by atoms with Gasteiger partial charge in [-0.25, -0.2) is 4.79 Å². The van der Waals surface area contributed by atoms with Crippen LogP contribution >= 0.6 is 22.9 Å². The second-order valence-electron chi connectivity index (χ2n) is 3.29. The normalized spacial score (nSPS) is 10.4. The molecule has 88 valence electrons. The highest BCUT2D eigenvalue weighted by atomic mass is 35.5. The fourth-order valence-electron chi connectivity index (χ4n) is 1.42. The largest absolute Gasteiger partial charge is 0.477 e. The molecule has 0 radical (unpaired) electrons. The monoisotopic (exact) mass is 268 g/mol. The van der Waals surface area contributed by atoms with Crippen LogP contribution in [0.2, 0.25) is 4.34 Å². The van der Waals surface area contributed by atoms with Crippen LogP contribution in [0.5, 0.6) is 0 Å². The minimum absolute atomic E-state index is 0.143. The lowest BCUT2D eigenvalue weighted by Gasteiger charge is -1.98. The Bertz CT molecular complexity index is 574. The number of carboxylic acid groups (broad SMARTS) is 1. The van der Waals surface area contributed by atoms with Crippen LogP contribution in [0.4, 0.5) is 0 Å². The third-order valence-corrected chi connectivity index (χ3v) is 3.38. The zero-order chi connectivity index (χ0) is 12.4. The number of halogens is 1. The summed E-state index contributed by atoms with van der Waals surface area (Å²) in [5.74, 6) is -1.01. The molecule has 0 aromatic carbocycles. The first-order valence-electron chi connectivity index (χ1n) is 4.79. The Labute approximate surface area is 107 Å². The summed E-state index contributed by atoms with van der Waals surface area (Å²) in [6.07, 6.45) is 1.60. The van der Waals surface area contributed by atoms with Crippen LogP contribution < -0.4 is 0 Å². The first-order valence-corrected chi connectivity index (χ1v) is 5.99. The minimum Gasteiger partial charge on any atom is -0.477 e. The first kappa shape index (κ1) is 11.9. The molecule has 0 aliphatic carbocycles. The van der Waals surface area contributed by atoms with Crippen molar-refractivity contribution in [2.75, 3.05) is 0 Å². The maximum atomic E-state index is 11.0. The Morgan fingerprint density at radius 1 is 1.65 bits per heavy atom. The van der Waals surface area contributed by atoms with Crippen molar-refractivity contribution >= 4 is 28.9 Å². The summed E-state index contributed by atoms with van der Waals surface area (Å²) in [7, 11) is 0. The van der Waals surface area contributed by atoms with E-state index in [1.54, 1.807) is 12.1 Å². The van der Waals surface area contributed by atoms with Gasteiger partial charge in [-0.3, -0.25) is 4.68 Å². The van der Waals surface area contributed by atoms with Crippen molar-refractivity contribution in [2.45, 2.75) is 6.54 Å². The highest BCUT2D eigenvalue weighted by molar-refractivity contribution is 7.19. The lowest BCUT2D eigenvalue weighted by Crippen LogP contribution is -2.08. The van der Waals surface area contributed by atoms with E-state index >= 15 is 0 Å². The molecule has 2 rings (SSSR count). The molecule has 0 spiro atoms. The molecular formula is C11H9ClN2O2S. The lowest BCUT2D eigenvalue weighted by molar-refractivity contribution is 0.0684. The topological polar surface area (TPSA) is 55.1 Å². The van der Waals surface area contributed by atoms with Crippen molar-refractivity contribution < 1.29 is 9.90 Å². The van der Waals surface area contributed by atoms with E-state index in [9.17, 15) is 4.79 Å². The molecule has 2 aromatic heterocycles. The van der Waals surface area contributed by atoms with Gasteiger partial charge in [0.1, 0.15) is 11.4 Å². The molecular weight excluding hydrogens is 260 g/mol. The van der Waals surface area contributed by atoms with E-state index < -0.39 is 5.97 Å². The van der Waals surface area contributed by atoms with Crippen LogP contribution in [0.15, 0.2) is 30.9 Å². The zero-order valence-corrected chi connectivity index (χ0v) is 10.3. The molecule has 0 atom stereocenters. The predicted molar refractivity (Wildman–Crippen MR) is 67.7 cm³/mol. The van der Waals surface area contributed by atoms with Crippen LogP contribution in [0.3, 0.4) is 0 Å². The van der Waals surface area contributed by atoms with E-state index in [0.29, 0.717) is 16.6 Å². The van der Waals surface area contributed by atoms with Gasteiger partial charge in [-0.05, 0) is 18.2 Å². The summed E-state index contributed by atoms with van der Waals surface area (Å²) in [4.78, 5) is 11.9. The van der Waals surface area contributed by atoms with E-state index in [2.05, 4.69) is 11.7 Å². The number of hydrogen-bond donors (Lipinski definition) is 1. The number of hydrogen-bond acceptors (Lipinski definition) is 3. The Hall–Kier alpha value is -1.59. The van der Waals surface area contributed by atoms with E-state index in [0.717, 1.165) is 4.88 Å². The van der Waals surface area contributed by atoms with Gasteiger partial charge in [0.05, 0.1) is 15.8 Å². The Kier molecular flexibility index (Phi) is 3.31. The fourth-order valence-corrected chi connectivity index (χ4v) is 2.42. The van der Waals surface area contributed by atoms with Crippen LogP contribution in [-0.2, 0) is 6.54 Å². The molecule has 0 aliphatic heterocycles. The van der Waals surface area contributed by atoms with Gasteiger partial charge in [0.2, 0.25) is 0 Å². The molecule has 0 saturated carbocycles. The maximum absolute atomic E-state index is 11.0. The SMILES string of the molecule is C=CCn1nc(-c2ccc(Cl)s2)cc1C(=O)O. The van der Waals surface area contributed by atoms with Crippen LogP contribution in [0, 0.1) is 0 Å². The second kappa shape index (κ2) is 4.73. The fraction of sp³-hybridized carbons (Fsp3) is 0.0909. The number of carbonyl (C=O) groups is 1. The molecule has 0 aliphatic rings. The summed E-state index contributed by atoms with van der Waals surface area (Å²) in [5.41, 5.74) is 0.755. The number of nitrogens with zero attached hydrogens (tertiary/aromatic N) is 2. The van der Waals surface area contributed by atoms with Gasteiger partial charge in [-0.2, -0.15) is 5.10 Å². The van der Waals surface area contributed by atoms with E-state index in [1.807, 2.05) is 6.07 Å². The zero-order valence-electron chi connectivity index (χ0n) is 8.76. The minimum atomic E-state index is -1.01. The molecule has 2 heterocycles. The van der Waals surface area contributed by atoms with Crippen LogP contribution in [0.1, 0.15) is 10.5 Å². The molecule has 17 heavy (non-hydrogen) atoms. The van der Waals surface area contributed by atoms with Gasteiger partial charge >= 0.3 is 5.97 Å². The van der Waals surface area contributed by atoms with Gasteiger partial charge < -0.3 is 5.11 Å². The van der Waals surface area contributed by atoms with Crippen molar-refractivity contribution in [2.24, 2.45) is 0 Å². The maximum Gasteiger partial charge on any atom is 0.354 e. The van der Waals surface area contributed by atoms with Crippen LogP contribution in [-0.4, -0.2) is 20.9 Å². The van der Waals surface area contributed by atoms with Crippen molar-refractivity contribution in [3.8, 4) is 10.6 Å². The molecule has 6 heteroatoms. The number of aromatic nitrogens is 2. The Morgan fingerprint density at radius 2 is 2.41 bits per heavy atom. The van der Waals surface area contributed by atoms with E-state index in [-0.39, 0.29) is 5.69 Å². The second-order valence-corrected chi connectivity index (χ2v) is 5.01. The molecule has 2 aromatic rings. The van der Waals surface area contributed by atoms with Crippen molar-refractivity contribution in [1.29, 1.82) is 0 Å². The third kappa shape index (κ3) is 2.40. The molecule has 0 unspecified atom stereocenters. The predicted octanol–water partition coefficient (Wildman–Crippen LogP) is 3.15. The Morgan fingerprint density at radius 3 is 2.94 bits per heavy atom. The molecule has 0 bridgehead atoms. The van der Waals surface area contributed by atoms with Crippen molar-refractivity contribution in [1.82, 2.24) is 9.78 Å². The Balaban J connectivity index is 2.46. The van der Waals surface area contributed by atoms with Gasteiger partial charge in [0.25, 0.3) is 0 Å². The number of thiophene rings is 1. The van der Waals surface area contributed by atoms with Crippen molar-refractivity contribution in [3.63, 3.8) is 0 Å². The summed E-state index contributed by atoms with van der Waals surface area (Å²) >= 11 is 7.20. The summed E-state index contributed by atoms with van der Waals surface area (Å²) in [5, 5.41) is 13.3. The molecule has 0 amide bonds. The van der Waals surface area contributed by atoms with Crippen molar-refractivity contribution in [3.05, 3.63) is 40.9 Å². The number of carboxylic acids is 1. The lowest BCUT2D eigenvalue weighted by atomic mass is 10.3. The average molecular weight is 269 g/mol. The standard InChI is InChI=1S/C11H9ClN2O2S/c1-2-5-14-8(11(15)16)6-7(13-14)9-3-4-10(12)17-9/h2-4,6H,1,5H2,(H,15,16). The number of aromatic carboxylic acids is 1. The highest BCUT2D eigenvalue weighted by Gasteiger charge is 2.15. The first-order chi connectivity index (χ1) is 8.11. The summed E-state index contributed by atoms with van der Waals surface area (Å²) in [6.45, 7) is 3.93. The van der Waals surface area contributed by atoms with E-state index in [1.165, 1.54) is 22.1 Å². The summed E-state index contributed by atoms with van der Waals surface area (Å²) < 4.78 is 2.05. The number of allylic oxidation sites excluding steroid dienone is 1. The average Bonchev–Trinajstić information content (AvgIpc) is 2.85. The molecule has 1 N–H and O–H groups in total.